The van der Waals surface area contributed by atoms with Crippen molar-refractivity contribution in [2.75, 3.05) is 6.61 Å². The molecule has 0 spiro atoms. The molecule has 0 atom stereocenters. The van der Waals surface area contributed by atoms with Crippen molar-refractivity contribution in [3.8, 4) is 0 Å². The largest absolute Gasteiger partial charge is 0.396 e. The quantitative estimate of drug-likeness (QED) is 0.833. The molecule has 96 valence electrons. The molecule has 0 saturated heterocycles. The van der Waals surface area contributed by atoms with Gasteiger partial charge < -0.3 is 9.63 Å². The molecule has 0 amide bonds. The second-order valence-corrected chi connectivity index (χ2v) is 4.91. The molecule has 2 rings (SSSR count). The zero-order valence-electron chi connectivity index (χ0n) is 9.97. The highest BCUT2D eigenvalue weighted by Gasteiger charge is 2.08. The van der Waals surface area contributed by atoms with E-state index in [0.717, 1.165) is 29.3 Å². The molecule has 0 aliphatic heterocycles. The highest BCUT2D eigenvalue weighted by atomic mass is 79.9. The van der Waals surface area contributed by atoms with Crippen molar-refractivity contribution in [1.82, 2.24) is 10.1 Å². The number of nitrogens with zero attached hydrogens (tertiary/aromatic N) is 2. The third-order valence-corrected chi connectivity index (χ3v) is 3.39. The molecule has 0 radical (unpaired) electrons. The normalized spacial score (nSPS) is 10.8. The first kappa shape index (κ1) is 13.2. The van der Waals surface area contributed by atoms with Gasteiger partial charge in [0.15, 0.2) is 5.82 Å². The molecule has 2 aromatic rings. The molecule has 0 unspecified atom stereocenters. The minimum absolute atomic E-state index is 0.206. The lowest BCUT2D eigenvalue weighted by Gasteiger charge is -1.99. The molecule has 4 nitrogen and oxygen atoms in total. The van der Waals surface area contributed by atoms with Crippen LogP contribution in [0.15, 0.2) is 33.3 Å². The average Bonchev–Trinajstić information content (AvgIpc) is 2.80. The van der Waals surface area contributed by atoms with Gasteiger partial charge in [-0.15, -0.1) is 0 Å². The number of aryl methyl sites for hydroxylation is 1. The van der Waals surface area contributed by atoms with Gasteiger partial charge in [-0.1, -0.05) is 39.3 Å². The van der Waals surface area contributed by atoms with E-state index in [4.69, 9.17) is 9.63 Å². The molecule has 0 aliphatic rings. The average molecular weight is 311 g/mol. The fourth-order valence-corrected chi connectivity index (χ4v) is 2.09. The van der Waals surface area contributed by atoms with Crippen LogP contribution >= 0.6 is 15.9 Å². The maximum absolute atomic E-state index is 8.70. The highest BCUT2D eigenvalue weighted by molar-refractivity contribution is 9.10. The lowest BCUT2D eigenvalue weighted by atomic mass is 10.1. The smallest absolute Gasteiger partial charge is 0.226 e. The molecule has 0 aliphatic carbocycles. The number of aliphatic hydroxyl groups excluding tert-OH is 1. The van der Waals surface area contributed by atoms with E-state index in [1.54, 1.807) is 0 Å². The van der Waals surface area contributed by atoms with Crippen LogP contribution in [0.1, 0.15) is 30.1 Å². The standard InChI is InChI=1S/C13H15BrN2O2/c14-11-6-2-1-5-10(11)9-12-15-13(18-16-12)7-3-4-8-17/h1-2,5-6,17H,3-4,7-9H2. The van der Waals surface area contributed by atoms with Crippen molar-refractivity contribution in [3.63, 3.8) is 0 Å². The highest BCUT2D eigenvalue weighted by Crippen LogP contribution is 2.18. The van der Waals surface area contributed by atoms with Gasteiger partial charge in [0.05, 0.1) is 0 Å². The van der Waals surface area contributed by atoms with Crippen LogP contribution in [0.5, 0.6) is 0 Å². The fourth-order valence-electron chi connectivity index (χ4n) is 1.66. The summed E-state index contributed by atoms with van der Waals surface area (Å²) >= 11 is 3.50. The molecular weight excluding hydrogens is 296 g/mol. The molecule has 0 saturated carbocycles. The van der Waals surface area contributed by atoms with Gasteiger partial charge in [0.1, 0.15) is 0 Å². The number of aromatic nitrogens is 2. The molecule has 1 heterocycles. The van der Waals surface area contributed by atoms with Crippen molar-refractivity contribution < 1.29 is 9.63 Å². The molecule has 1 aromatic heterocycles. The van der Waals surface area contributed by atoms with E-state index >= 15 is 0 Å². The van der Waals surface area contributed by atoms with Gasteiger partial charge in [0.2, 0.25) is 5.89 Å². The van der Waals surface area contributed by atoms with Crippen molar-refractivity contribution in [1.29, 1.82) is 0 Å². The Balaban J connectivity index is 1.96. The molecule has 0 bridgehead atoms. The Bertz CT molecular complexity index is 499. The number of aliphatic hydroxyl groups is 1. The van der Waals surface area contributed by atoms with Crippen LogP contribution in [0.4, 0.5) is 0 Å². The maximum atomic E-state index is 8.70. The summed E-state index contributed by atoms with van der Waals surface area (Å²) in [6.45, 7) is 0.206. The minimum Gasteiger partial charge on any atom is -0.396 e. The number of benzene rings is 1. The van der Waals surface area contributed by atoms with Crippen LogP contribution in [0.25, 0.3) is 0 Å². The van der Waals surface area contributed by atoms with Gasteiger partial charge >= 0.3 is 0 Å². The van der Waals surface area contributed by atoms with E-state index in [-0.39, 0.29) is 6.61 Å². The van der Waals surface area contributed by atoms with E-state index < -0.39 is 0 Å². The van der Waals surface area contributed by atoms with E-state index in [1.165, 1.54) is 0 Å². The molecule has 5 heteroatoms. The lowest BCUT2D eigenvalue weighted by molar-refractivity contribution is 0.280. The van der Waals surface area contributed by atoms with Gasteiger partial charge in [-0.3, -0.25) is 0 Å². The summed E-state index contributed by atoms with van der Waals surface area (Å²) in [5, 5.41) is 12.7. The van der Waals surface area contributed by atoms with E-state index in [1.807, 2.05) is 24.3 Å². The summed E-state index contributed by atoms with van der Waals surface area (Å²) in [7, 11) is 0. The number of rotatable bonds is 6. The summed E-state index contributed by atoms with van der Waals surface area (Å²) < 4.78 is 6.22. The van der Waals surface area contributed by atoms with Gasteiger partial charge in [-0.2, -0.15) is 4.98 Å². The Morgan fingerprint density at radius 3 is 2.83 bits per heavy atom. The minimum atomic E-state index is 0.206. The number of hydrogen-bond acceptors (Lipinski definition) is 4. The lowest BCUT2D eigenvalue weighted by Crippen LogP contribution is -1.93. The number of halogens is 1. The van der Waals surface area contributed by atoms with Crippen LogP contribution in [0, 0.1) is 0 Å². The monoisotopic (exact) mass is 310 g/mol. The predicted molar refractivity (Wildman–Crippen MR) is 71.3 cm³/mol. The zero-order chi connectivity index (χ0) is 12.8. The first-order valence-electron chi connectivity index (χ1n) is 5.95. The first-order valence-corrected chi connectivity index (χ1v) is 6.74. The second-order valence-electron chi connectivity index (χ2n) is 4.05. The van der Waals surface area contributed by atoms with Gasteiger partial charge in [0.25, 0.3) is 0 Å². The Hall–Kier alpha value is -1.20. The fraction of sp³-hybridized carbons (Fsp3) is 0.385. The molecule has 1 aromatic carbocycles. The van der Waals surface area contributed by atoms with Crippen LogP contribution in [-0.2, 0) is 12.8 Å². The van der Waals surface area contributed by atoms with E-state index in [2.05, 4.69) is 26.1 Å². The van der Waals surface area contributed by atoms with E-state index in [0.29, 0.717) is 18.1 Å². The third-order valence-electron chi connectivity index (χ3n) is 2.62. The Morgan fingerprint density at radius 1 is 1.22 bits per heavy atom. The van der Waals surface area contributed by atoms with Crippen LogP contribution in [0.3, 0.4) is 0 Å². The summed E-state index contributed by atoms with van der Waals surface area (Å²) in [5.41, 5.74) is 1.14. The number of unbranched alkanes of at least 4 members (excludes halogenated alkanes) is 1. The summed E-state index contributed by atoms with van der Waals surface area (Å²) in [6.07, 6.45) is 3.02. The number of hydrogen-bond donors (Lipinski definition) is 1. The van der Waals surface area contributed by atoms with Crippen LogP contribution in [-0.4, -0.2) is 21.9 Å². The molecule has 1 N–H and O–H groups in total. The molecule has 18 heavy (non-hydrogen) atoms. The van der Waals surface area contributed by atoms with Crippen LogP contribution in [0.2, 0.25) is 0 Å². The molecule has 0 fully saturated rings. The Labute approximate surface area is 114 Å². The molecular formula is C13H15BrN2O2. The van der Waals surface area contributed by atoms with Crippen molar-refractivity contribution in [3.05, 3.63) is 46.0 Å². The van der Waals surface area contributed by atoms with Crippen molar-refractivity contribution in [2.45, 2.75) is 25.7 Å². The summed E-state index contributed by atoms with van der Waals surface area (Å²) in [4.78, 5) is 4.34. The van der Waals surface area contributed by atoms with Gasteiger partial charge in [-0.25, -0.2) is 0 Å². The summed E-state index contributed by atoms with van der Waals surface area (Å²) in [5.74, 6) is 1.34. The Morgan fingerprint density at radius 2 is 2.06 bits per heavy atom. The van der Waals surface area contributed by atoms with Crippen molar-refractivity contribution >= 4 is 15.9 Å². The zero-order valence-corrected chi connectivity index (χ0v) is 11.6. The second kappa shape index (κ2) is 6.66. The third kappa shape index (κ3) is 3.65. The predicted octanol–water partition coefficient (Wildman–Crippen LogP) is 2.74. The topological polar surface area (TPSA) is 59.2 Å². The SMILES string of the molecule is OCCCCc1nc(Cc2ccccc2Br)no1. The maximum Gasteiger partial charge on any atom is 0.226 e. The van der Waals surface area contributed by atoms with Gasteiger partial charge in [-0.05, 0) is 24.5 Å². The van der Waals surface area contributed by atoms with E-state index in [9.17, 15) is 0 Å². The Kier molecular flexibility index (Phi) is 4.90. The first-order chi connectivity index (χ1) is 8.79. The van der Waals surface area contributed by atoms with Crippen molar-refractivity contribution in [2.24, 2.45) is 0 Å². The van der Waals surface area contributed by atoms with Gasteiger partial charge in [0, 0.05) is 23.9 Å². The van der Waals surface area contributed by atoms with Crippen LogP contribution < -0.4 is 0 Å². The summed E-state index contributed by atoms with van der Waals surface area (Å²) in [6, 6.07) is 8.00.